The van der Waals surface area contributed by atoms with Gasteiger partial charge in [0.25, 0.3) is 0 Å². The van der Waals surface area contributed by atoms with Crippen LogP contribution in [0.5, 0.6) is 0 Å². The maximum absolute atomic E-state index is 11.6. The molecule has 0 N–H and O–H groups in total. The van der Waals surface area contributed by atoms with E-state index in [1.807, 2.05) is 0 Å². The van der Waals surface area contributed by atoms with Crippen molar-refractivity contribution in [1.82, 2.24) is 4.90 Å². The molecule has 1 heterocycles. The van der Waals surface area contributed by atoms with Crippen molar-refractivity contribution in [3.8, 4) is 11.8 Å². The molecule has 1 aliphatic heterocycles. The van der Waals surface area contributed by atoms with Crippen molar-refractivity contribution in [2.24, 2.45) is 0 Å². The average Bonchev–Trinajstić information content (AvgIpc) is 2.64. The lowest BCUT2D eigenvalue weighted by Gasteiger charge is -2.19. The summed E-state index contributed by atoms with van der Waals surface area (Å²) in [5, 5.41) is 0. The van der Waals surface area contributed by atoms with Crippen LogP contribution < -0.4 is 0 Å². The van der Waals surface area contributed by atoms with Crippen LogP contribution in [0.25, 0.3) is 0 Å². The highest BCUT2D eigenvalue weighted by Crippen LogP contribution is 2.21. The summed E-state index contributed by atoms with van der Waals surface area (Å²) in [6.45, 7) is 6.80. The van der Waals surface area contributed by atoms with Gasteiger partial charge in [0.1, 0.15) is 0 Å². The molecule has 1 atom stereocenters. The van der Waals surface area contributed by atoms with Crippen LogP contribution in [0.3, 0.4) is 0 Å². The maximum Gasteiger partial charge on any atom is 0.416 e. The predicted molar refractivity (Wildman–Crippen MR) is 72.8 cm³/mol. The van der Waals surface area contributed by atoms with Gasteiger partial charge < -0.3 is 4.74 Å². The zero-order chi connectivity index (χ0) is 13.8. The number of likely N-dealkylation sites (tertiary alicyclic amines) is 1. The molecule has 0 aliphatic carbocycles. The molecule has 5 heteroatoms. The zero-order valence-electron chi connectivity index (χ0n) is 11.6. The lowest BCUT2D eigenvalue weighted by molar-refractivity contribution is -0.127. The van der Waals surface area contributed by atoms with Crippen molar-refractivity contribution in [2.75, 3.05) is 7.11 Å². The van der Waals surface area contributed by atoms with Crippen LogP contribution in [0, 0.1) is 11.8 Å². The van der Waals surface area contributed by atoms with E-state index < -0.39 is 14.2 Å². The van der Waals surface area contributed by atoms with Gasteiger partial charge >= 0.3 is 6.09 Å². The summed E-state index contributed by atoms with van der Waals surface area (Å²) in [5.74, 6) is 6.11. The van der Waals surface area contributed by atoms with Gasteiger partial charge in [-0.3, -0.25) is 4.79 Å². The molecular formula is C13H21NO3Si. The van der Waals surface area contributed by atoms with Crippen molar-refractivity contribution in [2.45, 2.75) is 51.0 Å². The van der Waals surface area contributed by atoms with Gasteiger partial charge in [-0.15, -0.1) is 11.8 Å². The molecule has 0 unspecified atom stereocenters. The Bertz CT molecular complexity index is 389. The van der Waals surface area contributed by atoms with Gasteiger partial charge in [0.05, 0.1) is 21.2 Å². The number of rotatable bonds is 2. The van der Waals surface area contributed by atoms with Crippen molar-refractivity contribution < 1.29 is 14.3 Å². The molecule has 1 saturated heterocycles. The second kappa shape index (κ2) is 6.05. The number of hydrogen-bond donors (Lipinski definition) is 0. The topological polar surface area (TPSA) is 46.6 Å². The van der Waals surface area contributed by atoms with Crippen LogP contribution in [-0.4, -0.2) is 38.1 Å². The number of nitrogens with zero attached hydrogens (tertiary/aromatic N) is 1. The van der Waals surface area contributed by atoms with Crippen molar-refractivity contribution in [3.63, 3.8) is 0 Å². The van der Waals surface area contributed by atoms with E-state index in [1.165, 1.54) is 12.0 Å². The lowest BCUT2D eigenvalue weighted by Crippen LogP contribution is -2.38. The molecule has 0 bridgehead atoms. The van der Waals surface area contributed by atoms with E-state index in [9.17, 15) is 9.59 Å². The molecule has 1 aliphatic rings. The molecular weight excluding hydrogens is 246 g/mol. The number of methoxy groups -OCH3 is 1. The van der Waals surface area contributed by atoms with Crippen molar-refractivity contribution >= 4 is 20.1 Å². The largest absolute Gasteiger partial charge is 0.452 e. The monoisotopic (exact) mass is 267 g/mol. The first-order valence-corrected chi connectivity index (χ1v) is 9.91. The van der Waals surface area contributed by atoms with E-state index in [4.69, 9.17) is 0 Å². The fourth-order valence-electron chi connectivity index (χ4n) is 1.80. The summed E-state index contributed by atoms with van der Waals surface area (Å²) in [6, 6.07) is 0.838. The Hall–Kier alpha value is -1.28. The van der Waals surface area contributed by atoms with Crippen LogP contribution in [0.15, 0.2) is 0 Å². The van der Waals surface area contributed by atoms with Crippen LogP contribution in [0.1, 0.15) is 19.3 Å². The second-order valence-corrected chi connectivity index (χ2v) is 11.2. The van der Waals surface area contributed by atoms with E-state index in [0.717, 1.165) is 6.04 Å². The molecule has 4 nitrogen and oxygen atoms in total. The highest BCUT2D eigenvalue weighted by atomic mass is 28.3. The van der Waals surface area contributed by atoms with E-state index in [1.54, 1.807) is 0 Å². The Balaban J connectivity index is 2.56. The summed E-state index contributed by atoms with van der Waals surface area (Å²) in [4.78, 5) is 24.2. The molecule has 1 rings (SSSR count). The highest BCUT2D eigenvalue weighted by molar-refractivity contribution is 6.76. The molecule has 0 aromatic heterocycles. The van der Waals surface area contributed by atoms with Gasteiger partial charge in [0, 0.05) is 18.9 Å². The Morgan fingerprint density at radius 1 is 1.44 bits per heavy atom. The molecule has 0 spiro atoms. The molecule has 0 radical (unpaired) electrons. The molecule has 0 saturated carbocycles. The fourth-order valence-corrected chi connectivity index (χ4v) is 2.46. The van der Waals surface area contributed by atoms with Gasteiger partial charge in [-0.1, -0.05) is 19.6 Å². The third-order valence-electron chi connectivity index (χ3n) is 2.78. The first-order chi connectivity index (χ1) is 8.35. The number of ether oxygens (including phenoxy) is 1. The summed E-state index contributed by atoms with van der Waals surface area (Å²) in [5.41, 5.74) is 0. The first-order valence-electron chi connectivity index (χ1n) is 6.21. The molecule has 0 aromatic carbocycles. The van der Waals surface area contributed by atoms with Crippen LogP contribution in [0.4, 0.5) is 4.79 Å². The van der Waals surface area contributed by atoms with Gasteiger partial charge in [0.2, 0.25) is 5.91 Å². The smallest absolute Gasteiger partial charge is 0.416 e. The number of amides is 2. The lowest BCUT2D eigenvalue weighted by atomic mass is 10.1. The standard InChI is InChI=1S/C13H21NO3Si/c1-17-13(16)14-11(8-9-12(14)15)7-5-6-10-18(2,3)4/h11H,7-10H2,1-4H3/t11-/m1/s1. The van der Waals surface area contributed by atoms with Crippen molar-refractivity contribution in [3.05, 3.63) is 0 Å². The zero-order valence-corrected chi connectivity index (χ0v) is 12.6. The molecule has 0 aromatic rings. The fraction of sp³-hybridized carbons (Fsp3) is 0.692. The molecule has 1 fully saturated rings. The molecule has 2 amide bonds. The minimum absolute atomic E-state index is 0.112. The minimum atomic E-state index is -1.14. The summed E-state index contributed by atoms with van der Waals surface area (Å²) < 4.78 is 4.62. The van der Waals surface area contributed by atoms with Crippen LogP contribution in [-0.2, 0) is 9.53 Å². The van der Waals surface area contributed by atoms with Crippen molar-refractivity contribution in [1.29, 1.82) is 0 Å². The molecule has 100 valence electrons. The third kappa shape index (κ3) is 4.19. The van der Waals surface area contributed by atoms with Crippen LogP contribution >= 0.6 is 0 Å². The predicted octanol–water partition coefficient (Wildman–Crippen LogP) is 2.48. The number of carbonyl (C=O) groups is 2. The minimum Gasteiger partial charge on any atom is -0.452 e. The van der Waals surface area contributed by atoms with E-state index >= 15 is 0 Å². The Morgan fingerprint density at radius 3 is 2.67 bits per heavy atom. The van der Waals surface area contributed by atoms with Crippen LogP contribution in [0.2, 0.25) is 25.7 Å². The van der Waals surface area contributed by atoms with Gasteiger partial charge in [-0.25, -0.2) is 9.69 Å². The normalized spacial score (nSPS) is 19.4. The van der Waals surface area contributed by atoms with E-state index in [0.29, 0.717) is 19.3 Å². The third-order valence-corrected chi connectivity index (χ3v) is 4.02. The number of imide groups is 1. The van der Waals surface area contributed by atoms with Gasteiger partial charge in [0.15, 0.2) is 0 Å². The summed E-state index contributed by atoms with van der Waals surface area (Å²) >= 11 is 0. The SMILES string of the molecule is COC(=O)N1C(=O)CC[C@H]1CC#CC[Si](C)(C)C. The number of carbonyl (C=O) groups excluding carboxylic acids is 2. The quantitative estimate of drug-likeness (QED) is 0.570. The average molecular weight is 267 g/mol. The van der Waals surface area contributed by atoms with E-state index in [2.05, 4.69) is 36.2 Å². The van der Waals surface area contributed by atoms with E-state index in [-0.39, 0.29) is 11.9 Å². The Morgan fingerprint density at radius 2 is 2.11 bits per heavy atom. The number of hydrogen-bond acceptors (Lipinski definition) is 3. The first kappa shape index (κ1) is 14.8. The maximum atomic E-state index is 11.6. The second-order valence-electron chi connectivity index (χ2n) is 5.72. The van der Waals surface area contributed by atoms with Gasteiger partial charge in [-0.05, 0) is 6.42 Å². The summed E-state index contributed by atoms with van der Waals surface area (Å²) in [6.07, 6.45) is 1.10. The molecule has 18 heavy (non-hydrogen) atoms. The van der Waals surface area contributed by atoms with Gasteiger partial charge in [-0.2, -0.15) is 0 Å². The highest BCUT2D eigenvalue weighted by Gasteiger charge is 2.35. The Kier molecular flexibility index (Phi) is 4.97. The Labute approximate surface area is 110 Å². The summed E-state index contributed by atoms with van der Waals surface area (Å²) in [7, 11) is 0.155.